The molecule has 0 spiro atoms. The molecule has 2 rings (SSSR count). The highest BCUT2D eigenvalue weighted by molar-refractivity contribution is 5.95. The van der Waals surface area contributed by atoms with Gasteiger partial charge in [0.1, 0.15) is 0 Å². The van der Waals surface area contributed by atoms with E-state index < -0.39 is 5.97 Å². The van der Waals surface area contributed by atoms with Crippen LogP contribution in [0.15, 0.2) is 18.2 Å². The van der Waals surface area contributed by atoms with Crippen molar-refractivity contribution in [3.63, 3.8) is 0 Å². The van der Waals surface area contributed by atoms with Crippen molar-refractivity contribution in [1.82, 2.24) is 9.80 Å². The number of hydrogen-bond acceptors (Lipinski definition) is 4. The summed E-state index contributed by atoms with van der Waals surface area (Å²) in [6, 6.07) is 6.07. The molecule has 2 unspecified atom stereocenters. The first-order valence-corrected chi connectivity index (χ1v) is 9.32. The maximum atomic E-state index is 12.7. The minimum atomic E-state index is -0.796. The topological polar surface area (TPSA) is 72.9 Å². The van der Waals surface area contributed by atoms with Gasteiger partial charge in [-0.25, -0.2) is 0 Å². The van der Waals surface area contributed by atoms with Crippen LogP contribution in [0.2, 0.25) is 0 Å². The van der Waals surface area contributed by atoms with Crippen LogP contribution in [0.3, 0.4) is 0 Å². The molecule has 2 atom stereocenters. The maximum absolute atomic E-state index is 12.7. The van der Waals surface area contributed by atoms with Gasteiger partial charge in [-0.05, 0) is 65.3 Å². The van der Waals surface area contributed by atoms with Gasteiger partial charge in [-0.1, -0.05) is 17.7 Å². The van der Waals surface area contributed by atoms with E-state index in [1.54, 1.807) is 0 Å². The molecule has 2 N–H and O–H groups in total. The van der Waals surface area contributed by atoms with Crippen LogP contribution in [0.4, 0.5) is 5.69 Å². The Morgan fingerprint density at radius 3 is 2.63 bits per heavy atom. The number of halogens is 1. The van der Waals surface area contributed by atoms with Crippen molar-refractivity contribution in [2.75, 3.05) is 32.0 Å². The first-order chi connectivity index (χ1) is 12.3. The highest BCUT2D eigenvalue weighted by Gasteiger charge is 2.27. The standard InChI is InChI=1S/C20H31N3O3.ClH/c1-14-7-8-18(15(2)12-14)21-20(26)16(3)23-10-5-6-17(9-11-23)22(4)13-19(24)25;/h7-8,12,16-17H,5-6,9-11,13H2,1-4H3,(H,21,26)(H,24,25);1H. The summed E-state index contributed by atoms with van der Waals surface area (Å²) in [5, 5.41) is 12.0. The predicted octanol–water partition coefficient (Wildman–Crippen LogP) is 2.92. The number of anilines is 1. The van der Waals surface area contributed by atoms with Crippen LogP contribution in [0, 0.1) is 13.8 Å². The van der Waals surface area contributed by atoms with E-state index in [-0.39, 0.29) is 36.9 Å². The molecule has 1 heterocycles. The summed E-state index contributed by atoms with van der Waals surface area (Å²) < 4.78 is 0. The fourth-order valence-electron chi connectivity index (χ4n) is 3.63. The van der Waals surface area contributed by atoms with Gasteiger partial charge in [0.25, 0.3) is 0 Å². The third-order valence-corrected chi connectivity index (χ3v) is 5.31. The second kappa shape index (κ2) is 10.6. The number of benzene rings is 1. The molecule has 7 heteroatoms. The van der Waals surface area contributed by atoms with E-state index in [4.69, 9.17) is 5.11 Å². The van der Waals surface area contributed by atoms with Gasteiger partial charge in [0.05, 0.1) is 12.6 Å². The molecule has 0 saturated carbocycles. The molecular formula is C20H32ClN3O3. The Labute approximate surface area is 168 Å². The highest BCUT2D eigenvalue weighted by Crippen LogP contribution is 2.20. The average Bonchev–Trinajstić information content (AvgIpc) is 2.82. The molecule has 6 nitrogen and oxygen atoms in total. The zero-order valence-corrected chi connectivity index (χ0v) is 17.5. The molecule has 1 aromatic rings. The molecular weight excluding hydrogens is 366 g/mol. The minimum Gasteiger partial charge on any atom is -0.480 e. The van der Waals surface area contributed by atoms with Crippen molar-refractivity contribution in [1.29, 1.82) is 0 Å². The average molecular weight is 398 g/mol. The second-order valence-electron chi connectivity index (χ2n) is 7.41. The number of likely N-dealkylation sites (tertiary alicyclic amines) is 1. The summed E-state index contributed by atoms with van der Waals surface area (Å²) in [5.74, 6) is -0.788. The molecule has 1 fully saturated rings. The number of carbonyl (C=O) groups excluding carboxylic acids is 1. The lowest BCUT2D eigenvalue weighted by Gasteiger charge is -2.28. The number of aliphatic carboxylic acids is 1. The number of rotatable bonds is 6. The second-order valence-corrected chi connectivity index (χ2v) is 7.41. The van der Waals surface area contributed by atoms with E-state index in [0.29, 0.717) is 0 Å². The molecule has 1 aliphatic heterocycles. The van der Waals surface area contributed by atoms with Gasteiger partial charge < -0.3 is 10.4 Å². The molecule has 0 radical (unpaired) electrons. The van der Waals surface area contributed by atoms with Crippen molar-refractivity contribution >= 4 is 30.0 Å². The molecule has 0 aromatic heterocycles. The van der Waals surface area contributed by atoms with E-state index in [1.807, 2.05) is 44.9 Å². The lowest BCUT2D eigenvalue weighted by atomic mass is 10.1. The van der Waals surface area contributed by atoms with Gasteiger partial charge in [-0.2, -0.15) is 0 Å². The van der Waals surface area contributed by atoms with Gasteiger partial charge in [0.15, 0.2) is 0 Å². The summed E-state index contributed by atoms with van der Waals surface area (Å²) in [5.41, 5.74) is 3.11. The van der Waals surface area contributed by atoms with Crippen molar-refractivity contribution < 1.29 is 14.7 Å². The quantitative estimate of drug-likeness (QED) is 0.772. The van der Waals surface area contributed by atoms with Crippen LogP contribution in [0.5, 0.6) is 0 Å². The number of carboxylic acids is 1. The molecule has 1 aliphatic rings. The highest BCUT2D eigenvalue weighted by atomic mass is 35.5. The number of likely N-dealkylation sites (N-methyl/N-ethyl adjacent to an activating group) is 1. The van der Waals surface area contributed by atoms with Crippen LogP contribution in [-0.4, -0.2) is 65.5 Å². The van der Waals surface area contributed by atoms with Gasteiger partial charge in [-0.15, -0.1) is 12.4 Å². The Morgan fingerprint density at radius 1 is 1.30 bits per heavy atom. The number of carboxylic acid groups (broad SMARTS) is 1. The Hall–Kier alpha value is -1.63. The third-order valence-electron chi connectivity index (χ3n) is 5.31. The van der Waals surface area contributed by atoms with E-state index in [9.17, 15) is 9.59 Å². The lowest BCUT2D eigenvalue weighted by molar-refractivity contribution is -0.138. The van der Waals surface area contributed by atoms with Crippen LogP contribution in [-0.2, 0) is 9.59 Å². The zero-order valence-electron chi connectivity index (χ0n) is 16.7. The lowest BCUT2D eigenvalue weighted by Crippen LogP contribution is -2.43. The molecule has 1 aromatic carbocycles. The normalized spacial score (nSPS) is 19.1. The van der Waals surface area contributed by atoms with E-state index in [1.165, 1.54) is 5.56 Å². The molecule has 27 heavy (non-hydrogen) atoms. The van der Waals surface area contributed by atoms with Crippen LogP contribution < -0.4 is 5.32 Å². The Balaban J connectivity index is 0.00000364. The molecule has 152 valence electrons. The molecule has 1 amide bonds. The summed E-state index contributed by atoms with van der Waals surface area (Å²) >= 11 is 0. The Morgan fingerprint density at radius 2 is 2.00 bits per heavy atom. The minimum absolute atomic E-state index is 0. The summed E-state index contributed by atoms with van der Waals surface area (Å²) in [6.07, 6.45) is 2.81. The number of hydrogen-bond donors (Lipinski definition) is 2. The fraction of sp³-hybridized carbons (Fsp3) is 0.600. The van der Waals surface area contributed by atoms with Crippen molar-refractivity contribution in [2.45, 2.75) is 52.1 Å². The van der Waals surface area contributed by atoms with Crippen LogP contribution in [0.25, 0.3) is 0 Å². The van der Waals surface area contributed by atoms with Gasteiger partial charge in [-0.3, -0.25) is 19.4 Å². The third kappa shape index (κ3) is 6.79. The van der Waals surface area contributed by atoms with Crippen molar-refractivity contribution in [2.24, 2.45) is 0 Å². The number of nitrogens with one attached hydrogen (secondary N) is 1. The first kappa shape index (κ1) is 23.4. The number of nitrogens with zero attached hydrogens (tertiary/aromatic N) is 2. The fourth-order valence-corrected chi connectivity index (χ4v) is 3.63. The summed E-state index contributed by atoms with van der Waals surface area (Å²) in [4.78, 5) is 27.7. The summed E-state index contributed by atoms with van der Waals surface area (Å²) in [6.45, 7) is 7.71. The van der Waals surface area contributed by atoms with Crippen LogP contribution in [0.1, 0.15) is 37.3 Å². The maximum Gasteiger partial charge on any atom is 0.317 e. The molecule has 1 saturated heterocycles. The van der Waals surface area contributed by atoms with Gasteiger partial charge >= 0.3 is 5.97 Å². The SMILES string of the molecule is Cc1ccc(NC(=O)C(C)N2CCCC(N(C)CC(=O)O)CC2)c(C)c1.Cl. The monoisotopic (exact) mass is 397 g/mol. The van der Waals surface area contributed by atoms with Crippen LogP contribution >= 0.6 is 12.4 Å². The van der Waals surface area contributed by atoms with E-state index in [2.05, 4.69) is 16.3 Å². The first-order valence-electron chi connectivity index (χ1n) is 9.32. The Bertz CT molecular complexity index is 653. The Kier molecular flexibility index (Phi) is 9.22. The van der Waals surface area contributed by atoms with Crippen molar-refractivity contribution in [3.8, 4) is 0 Å². The van der Waals surface area contributed by atoms with Gasteiger partial charge in [0, 0.05) is 18.3 Å². The number of aryl methyl sites for hydroxylation is 2. The van der Waals surface area contributed by atoms with Crippen molar-refractivity contribution in [3.05, 3.63) is 29.3 Å². The number of carbonyl (C=O) groups is 2. The van der Waals surface area contributed by atoms with E-state index >= 15 is 0 Å². The molecule has 0 bridgehead atoms. The largest absolute Gasteiger partial charge is 0.480 e. The molecule has 0 aliphatic carbocycles. The number of amides is 1. The zero-order chi connectivity index (χ0) is 19.3. The smallest absolute Gasteiger partial charge is 0.317 e. The predicted molar refractivity (Wildman–Crippen MR) is 111 cm³/mol. The van der Waals surface area contributed by atoms with E-state index in [0.717, 1.165) is 43.6 Å². The summed E-state index contributed by atoms with van der Waals surface area (Å²) in [7, 11) is 1.87. The van der Waals surface area contributed by atoms with Gasteiger partial charge in [0.2, 0.25) is 5.91 Å².